The molecule has 1 aromatic carbocycles. The first-order valence-corrected chi connectivity index (χ1v) is 6.33. The number of imidazole rings is 1. The van der Waals surface area contributed by atoms with E-state index in [1.165, 1.54) is 15.8 Å². The fraction of sp³-hybridized carbons (Fsp3) is 0.231. The van der Waals surface area contributed by atoms with E-state index < -0.39 is 0 Å². The van der Waals surface area contributed by atoms with Crippen LogP contribution in [0.4, 0.5) is 0 Å². The number of hydrogen-bond acceptors (Lipinski definition) is 3. The molecule has 84 valence electrons. The van der Waals surface area contributed by atoms with Crippen molar-refractivity contribution in [2.24, 2.45) is 0 Å². The molecule has 0 spiro atoms. The van der Waals surface area contributed by atoms with E-state index >= 15 is 0 Å². The molecular formula is C13H11N3S. The molecule has 0 aliphatic heterocycles. The summed E-state index contributed by atoms with van der Waals surface area (Å²) in [6, 6.07) is 8.56. The van der Waals surface area contributed by atoms with E-state index in [1.807, 2.05) is 6.92 Å². The minimum atomic E-state index is 0.577. The number of aryl methyl sites for hydroxylation is 2. The van der Waals surface area contributed by atoms with E-state index in [2.05, 4.69) is 39.8 Å². The summed E-state index contributed by atoms with van der Waals surface area (Å²) in [6.07, 6.45) is 3.46. The van der Waals surface area contributed by atoms with Crippen molar-refractivity contribution in [2.45, 2.75) is 19.8 Å². The zero-order chi connectivity index (χ0) is 11.8. The molecule has 0 radical (unpaired) electrons. The minimum absolute atomic E-state index is 0.577. The van der Waals surface area contributed by atoms with Gasteiger partial charge in [0.2, 0.25) is 0 Å². The molecule has 0 unspecified atom stereocenters. The van der Waals surface area contributed by atoms with Crippen LogP contribution in [0.3, 0.4) is 0 Å². The number of hydrogen-bond donors (Lipinski definition) is 0. The molecule has 3 rings (SSSR count). The Morgan fingerprint density at radius 1 is 1.47 bits per heavy atom. The van der Waals surface area contributed by atoms with Crippen LogP contribution >= 0.6 is 11.3 Å². The van der Waals surface area contributed by atoms with Crippen LogP contribution in [0.5, 0.6) is 0 Å². The largest absolute Gasteiger partial charge is 0.290 e. The highest BCUT2D eigenvalue weighted by molar-refractivity contribution is 7.23. The SMILES string of the molecule is Cc1cn2c(n1)sc1cc(CCC#N)ccc12. The number of nitriles is 1. The normalized spacial score (nSPS) is 11.1. The minimum Gasteiger partial charge on any atom is -0.290 e. The maximum absolute atomic E-state index is 8.59. The van der Waals surface area contributed by atoms with E-state index in [4.69, 9.17) is 5.26 Å². The van der Waals surface area contributed by atoms with Gasteiger partial charge in [0.15, 0.2) is 4.96 Å². The second-order valence-corrected chi connectivity index (χ2v) is 5.11. The molecule has 4 heteroatoms. The number of rotatable bonds is 2. The van der Waals surface area contributed by atoms with E-state index in [-0.39, 0.29) is 0 Å². The highest BCUT2D eigenvalue weighted by Crippen LogP contribution is 2.27. The van der Waals surface area contributed by atoms with Crippen molar-refractivity contribution in [1.82, 2.24) is 9.38 Å². The van der Waals surface area contributed by atoms with E-state index in [0.717, 1.165) is 17.1 Å². The summed E-state index contributed by atoms with van der Waals surface area (Å²) in [5, 5.41) is 8.59. The molecule has 0 fully saturated rings. The molecule has 17 heavy (non-hydrogen) atoms. The molecule has 0 aliphatic carbocycles. The van der Waals surface area contributed by atoms with Crippen LogP contribution in [0.25, 0.3) is 15.2 Å². The van der Waals surface area contributed by atoms with Crippen LogP contribution in [0.2, 0.25) is 0 Å². The standard InChI is InChI=1S/C13H11N3S/c1-9-8-16-11-5-4-10(3-2-6-14)7-12(11)17-13(16)15-9/h4-5,7-8H,2-3H2,1H3. The summed E-state index contributed by atoms with van der Waals surface area (Å²) in [6.45, 7) is 2.01. The molecule has 0 bridgehead atoms. The van der Waals surface area contributed by atoms with Gasteiger partial charge in [0.05, 0.1) is 22.0 Å². The van der Waals surface area contributed by atoms with Crippen LogP contribution in [-0.4, -0.2) is 9.38 Å². The average molecular weight is 241 g/mol. The van der Waals surface area contributed by atoms with E-state index in [1.54, 1.807) is 11.3 Å². The first-order chi connectivity index (χ1) is 8.28. The van der Waals surface area contributed by atoms with Gasteiger partial charge in [-0.1, -0.05) is 17.4 Å². The number of benzene rings is 1. The van der Waals surface area contributed by atoms with Crippen molar-refractivity contribution in [3.63, 3.8) is 0 Å². The first-order valence-electron chi connectivity index (χ1n) is 5.52. The van der Waals surface area contributed by atoms with Gasteiger partial charge >= 0.3 is 0 Å². The third-order valence-corrected chi connectivity index (χ3v) is 3.82. The van der Waals surface area contributed by atoms with Crippen LogP contribution in [0.1, 0.15) is 17.7 Å². The smallest absolute Gasteiger partial charge is 0.194 e. The molecule has 0 saturated heterocycles. The van der Waals surface area contributed by atoms with Crippen molar-refractivity contribution in [2.75, 3.05) is 0 Å². The Morgan fingerprint density at radius 2 is 2.35 bits per heavy atom. The molecule has 2 heterocycles. The Kier molecular flexibility index (Phi) is 2.34. The van der Waals surface area contributed by atoms with Gasteiger partial charge in [-0.2, -0.15) is 5.26 Å². The predicted molar refractivity (Wildman–Crippen MR) is 69.2 cm³/mol. The Labute approximate surface area is 103 Å². The second-order valence-electron chi connectivity index (χ2n) is 4.10. The maximum Gasteiger partial charge on any atom is 0.194 e. The summed E-state index contributed by atoms with van der Waals surface area (Å²) in [7, 11) is 0. The molecule has 0 atom stereocenters. The highest BCUT2D eigenvalue weighted by atomic mass is 32.1. The molecule has 0 N–H and O–H groups in total. The lowest BCUT2D eigenvalue weighted by molar-refractivity contribution is 1.01. The summed E-state index contributed by atoms with van der Waals surface area (Å²) >= 11 is 1.70. The lowest BCUT2D eigenvalue weighted by Gasteiger charge is -1.97. The summed E-state index contributed by atoms with van der Waals surface area (Å²) in [5.41, 5.74) is 3.47. The number of thiazole rings is 1. The zero-order valence-electron chi connectivity index (χ0n) is 9.47. The van der Waals surface area contributed by atoms with Crippen LogP contribution in [0, 0.1) is 18.3 Å². The Morgan fingerprint density at radius 3 is 3.18 bits per heavy atom. The summed E-state index contributed by atoms with van der Waals surface area (Å²) in [4.78, 5) is 5.51. The van der Waals surface area contributed by atoms with Crippen molar-refractivity contribution in [1.29, 1.82) is 5.26 Å². The Balaban J connectivity index is 2.14. The van der Waals surface area contributed by atoms with Gasteiger partial charge in [0.25, 0.3) is 0 Å². The van der Waals surface area contributed by atoms with Gasteiger partial charge in [-0.3, -0.25) is 4.40 Å². The molecular weight excluding hydrogens is 230 g/mol. The topological polar surface area (TPSA) is 41.1 Å². The predicted octanol–water partition coefficient (Wildman–Crippen LogP) is 3.31. The fourth-order valence-electron chi connectivity index (χ4n) is 2.01. The molecule has 2 aromatic heterocycles. The van der Waals surface area contributed by atoms with Gasteiger partial charge in [0.1, 0.15) is 0 Å². The van der Waals surface area contributed by atoms with Gasteiger partial charge in [-0.25, -0.2) is 4.98 Å². The molecule has 0 amide bonds. The third kappa shape index (κ3) is 1.69. The third-order valence-electron chi connectivity index (χ3n) is 2.80. The van der Waals surface area contributed by atoms with Gasteiger partial charge in [-0.05, 0) is 31.0 Å². The van der Waals surface area contributed by atoms with Gasteiger partial charge in [0, 0.05) is 12.6 Å². The summed E-state index contributed by atoms with van der Waals surface area (Å²) in [5.74, 6) is 0. The lowest BCUT2D eigenvalue weighted by Crippen LogP contribution is -1.83. The summed E-state index contributed by atoms with van der Waals surface area (Å²) < 4.78 is 3.37. The van der Waals surface area contributed by atoms with Crippen molar-refractivity contribution in [3.05, 3.63) is 35.7 Å². The van der Waals surface area contributed by atoms with Gasteiger partial charge < -0.3 is 0 Å². The zero-order valence-corrected chi connectivity index (χ0v) is 10.3. The average Bonchev–Trinajstić information content (AvgIpc) is 2.81. The van der Waals surface area contributed by atoms with Crippen molar-refractivity contribution < 1.29 is 0 Å². The van der Waals surface area contributed by atoms with Gasteiger partial charge in [-0.15, -0.1) is 0 Å². The van der Waals surface area contributed by atoms with Crippen LogP contribution < -0.4 is 0 Å². The lowest BCUT2D eigenvalue weighted by atomic mass is 10.1. The van der Waals surface area contributed by atoms with Crippen LogP contribution in [-0.2, 0) is 6.42 Å². The Hall–Kier alpha value is -1.86. The first kappa shape index (κ1) is 10.3. The number of nitrogens with zero attached hydrogens (tertiary/aromatic N) is 3. The quantitative estimate of drug-likeness (QED) is 0.690. The monoisotopic (exact) mass is 241 g/mol. The van der Waals surface area contributed by atoms with Crippen LogP contribution in [0.15, 0.2) is 24.4 Å². The number of fused-ring (bicyclic) bond motifs is 3. The van der Waals surface area contributed by atoms with Crippen molar-refractivity contribution in [3.8, 4) is 6.07 Å². The Bertz CT molecular complexity index is 730. The van der Waals surface area contributed by atoms with E-state index in [9.17, 15) is 0 Å². The molecule has 0 saturated carbocycles. The second kappa shape index (κ2) is 3.86. The highest BCUT2D eigenvalue weighted by Gasteiger charge is 2.07. The van der Waals surface area contributed by atoms with Crippen molar-refractivity contribution >= 4 is 26.5 Å². The fourth-order valence-corrected chi connectivity index (χ4v) is 3.13. The molecule has 3 nitrogen and oxygen atoms in total. The molecule has 0 aliphatic rings. The van der Waals surface area contributed by atoms with E-state index in [0.29, 0.717) is 6.42 Å². The number of aromatic nitrogens is 2. The molecule has 3 aromatic rings. The maximum atomic E-state index is 8.59.